The first-order chi connectivity index (χ1) is 17.9. The number of anilines is 1. The fourth-order valence-corrected chi connectivity index (χ4v) is 5.19. The number of halogens is 3. The highest BCUT2D eigenvalue weighted by molar-refractivity contribution is 5.85. The number of alkyl halides is 1. The van der Waals surface area contributed by atoms with E-state index in [4.69, 9.17) is 4.74 Å². The Labute approximate surface area is 215 Å². The van der Waals surface area contributed by atoms with E-state index in [1.54, 1.807) is 25.3 Å². The topological polar surface area (TPSA) is 77.8 Å². The quantitative estimate of drug-likeness (QED) is 0.333. The molecule has 2 aromatic carbocycles. The molecule has 0 amide bonds. The van der Waals surface area contributed by atoms with Crippen molar-refractivity contribution in [2.24, 2.45) is 5.41 Å². The van der Waals surface area contributed by atoms with Crippen LogP contribution in [-0.2, 0) is 6.61 Å². The fraction of sp³-hybridized carbons (Fsp3) is 0.464. The molecule has 3 aromatic rings. The van der Waals surface area contributed by atoms with Crippen LogP contribution in [0.2, 0.25) is 0 Å². The zero-order valence-corrected chi connectivity index (χ0v) is 21.0. The number of fused-ring (bicyclic) bond motifs is 1. The second kappa shape index (κ2) is 12.1. The summed E-state index contributed by atoms with van der Waals surface area (Å²) in [5.74, 6) is -0.650. The van der Waals surface area contributed by atoms with E-state index in [-0.39, 0.29) is 25.0 Å². The number of ether oxygens (including phenoxy) is 1. The number of aromatic nitrogens is 1. The minimum atomic E-state index is -1.32. The Morgan fingerprint density at radius 1 is 1.11 bits per heavy atom. The van der Waals surface area contributed by atoms with Gasteiger partial charge in [0.1, 0.15) is 23.6 Å². The summed E-state index contributed by atoms with van der Waals surface area (Å²) in [4.78, 5) is 6.57. The molecule has 4 rings (SSSR count). The lowest BCUT2D eigenvalue weighted by molar-refractivity contribution is 0.0315. The molecule has 0 spiro atoms. The molecule has 3 N–H and O–H groups in total. The third-order valence-electron chi connectivity index (χ3n) is 7.48. The number of methoxy groups -OCH3 is 1. The van der Waals surface area contributed by atoms with Crippen LogP contribution in [0.15, 0.2) is 42.6 Å². The van der Waals surface area contributed by atoms with E-state index < -0.39 is 17.8 Å². The van der Waals surface area contributed by atoms with E-state index in [0.717, 1.165) is 32.0 Å². The number of benzene rings is 2. The first-order valence-corrected chi connectivity index (χ1v) is 12.6. The first kappa shape index (κ1) is 27.2. The number of aliphatic hydroxyl groups is 2. The number of hydrogen-bond acceptors (Lipinski definition) is 6. The Bertz CT molecular complexity index is 1180. The smallest absolute Gasteiger partial charge is 0.128 e. The van der Waals surface area contributed by atoms with Gasteiger partial charge in [0.25, 0.3) is 0 Å². The van der Waals surface area contributed by atoms with Crippen LogP contribution in [0.25, 0.3) is 10.9 Å². The number of hydrogen-bond donors (Lipinski definition) is 3. The van der Waals surface area contributed by atoms with Crippen LogP contribution in [0.4, 0.5) is 18.9 Å². The van der Waals surface area contributed by atoms with E-state index in [9.17, 15) is 19.0 Å². The van der Waals surface area contributed by atoms with Gasteiger partial charge in [-0.15, -0.1) is 0 Å². The van der Waals surface area contributed by atoms with E-state index in [1.807, 2.05) is 0 Å². The van der Waals surface area contributed by atoms with Crippen LogP contribution in [0.5, 0.6) is 5.75 Å². The van der Waals surface area contributed by atoms with E-state index in [1.165, 1.54) is 18.3 Å². The number of piperidine rings is 1. The Kier molecular flexibility index (Phi) is 8.89. The summed E-state index contributed by atoms with van der Waals surface area (Å²) in [5.41, 5.74) is 1.54. The van der Waals surface area contributed by atoms with Gasteiger partial charge in [-0.2, -0.15) is 0 Å². The van der Waals surface area contributed by atoms with Crippen LogP contribution in [0, 0.1) is 17.0 Å². The first-order valence-electron chi connectivity index (χ1n) is 12.6. The van der Waals surface area contributed by atoms with Gasteiger partial charge in [0.2, 0.25) is 0 Å². The monoisotopic (exact) mass is 517 g/mol. The molecule has 37 heavy (non-hydrogen) atoms. The predicted molar refractivity (Wildman–Crippen MR) is 137 cm³/mol. The lowest BCUT2D eigenvalue weighted by Crippen LogP contribution is -2.43. The molecule has 200 valence electrons. The van der Waals surface area contributed by atoms with Crippen LogP contribution in [-0.4, -0.2) is 60.0 Å². The summed E-state index contributed by atoms with van der Waals surface area (Å²) in [6.07, 6.45) is 2.38. The summed E-state index contributed by atoms with van der Waals surface area (Å²) in [5, 5.41) is 23.7. The van der Waals surface area contributed by atoms with Gasteiger partial charge in [0.05, 0.1) is 19.2 Å². The fourth-order valence-electron chi connectivity index (χ4n) is 5.19. The number of pyridine rings is 1. The van der Waals surface area contributed by atoms with Crippen molar-refractivity contribution in [1.29, 1.82) is 0 Å². The molecule has 2 heterocycles. The molecule has 1 atom stereocenters. The lowest BCUT2D eigenvalue weighted by atomic mass is 9.74. The molecule has 1 aromatic heterocycles. The van der Waals surface area contributed by atoms with Gasteiger partial charge in [0.15, 0.2) is 0 Å². The Morgan fingerprint density at radius 3 is 2.49 bits per heavy atom. The molecular weight excluding hydrogens is 483 g/mol. The molecule has 1 aliphatic heterocycles. The highest BCUT2D eigenvalue weighted by atomic mass is 19.1. The molecular formula is C28H34F3N3O3. The largest absolute Gasteiger partial charge is 0.497 e. The van der Waals surface area contributed by atoms with Gasteiger partial charge in [0, 0.05) is 54.2 Å². The molecule has 1 fully saturated rings. The van der Waals surface area contributed by atoms with E-state index >= 15 is 4.39 Å². The molecule has 0 saturated carbocycles. The van der Waals surface area contributed by atoms with Gasteiger partial charge in [-0.1, -0.05) is 0 Å². The molecule has 1 aliphatic rings. The number of nitrogens with zero attached hydrogens (tertiary/aromatic N) is 2. The maximum Gasteiger partial charge on any atom is 0.128 e. The highest BCUT2D eigenvalue weighted by Crippen LogP contribution is 2.41. The van der Waals surface area contributed by atoms with Gasteiger partial charge in [-0.3, -0.25) is 4.98 Å². The van der Waals surface area contributed by atoms with Gasteiger partial charge in [-0.25, -0.2) is 13.2 Å². The second-order valence-electron chi connectivity index (χ2n) is 9.83. The zero-order valence-electron chi connectivity index (χ0n) is 21.0. The van der Waals surface area contributed by atoms with Gasteiger partial charge >= 0.3 is 0 Å². The Hall–Kier alpha value is -2.88. The molecule has 9 heteroatoms. The van der Waals surface area contributed by atoms with Crippen molar-refractivity contribution in [3.8, 4) is 5.75 Å². The SMILES string of the molecule is COc1ccc2ncc(CO)c([C@@H](F)CCC3(CO)CCN(CCNc4cc(F)cc(F)c4)CC3)c2c1. The summed E-state index contributed by atoms with van der Waals surface area (Å²) in [6.45, 7) is 2.38. The number of aliphatic hydroxyl groups excluding tert-OH is 2. The van der Waals surface area contributed by atoms with Crippen molar-refractivity contribution in [1.82, 2.24) is 9.88 Å². The zero-order chi connectivity index (χ0) is 26.4. The van der Waals surface area contributed by atoms with Crippen LogP contribution < -0.4 is 10.1 Å². The van der Waals surface area contributed by atoms with Crippen molar-refractivity contribution < 1.29 is 28.1 Å². The number of nitrogens with one attached hydrogen (secondary N) is 1. The third kappa shape index (κ3) is 6.52. The molecule has 0 aliphatic carbocycles. The molecule has 6 nitrogen and oxygen atoms in total. The summed E-state index contributed by atoms with van der Waals surface area (Å²) >= 11 is 0. The average Bonchev–Trinajstić information content (AvgIpc) is 2.91. The number of likely N-dealkylation sites (tertiary alicyclic amines) is 1. The lowest BCUT2D eigenvalue weighted by Gasteiger charge is -2.41. The summed E-state index contributed by atoms with van der Waals surface area (Å²) < 4.78 is 47.8. The van der Waals surface area contributed by atoms with Gasteiger partial charge in [-0.05, 0) is 74.5 Å². The van der Waals surface area contributed by atoms with Crippen LogP contribution in [0.1, 0.15) is 43.0 Å². The van der Waals surface area contributed by atoms with Crippen LogP contribution >= 0.6 is 0 Å². The van der Waals surface area contributed by atoms with E-state index in [2.05, 4.69) is 15.2 Å². The number of rotatable bonds is 11. The summed E-state index contributed by atoms with van der Waals surface area (Å²) in [7, 11) is 1.55. The molecule has 0 unspecified atom stereocenters. The van der Waals surface area contributed by atoms with Crippen molar-refractivity contribution in [3.05, 3.63) is 65.4 Å². The summed E-state index contributed by atoms with van der Waals surface area (Å²) in [6, 6.07) is 8.64. The average molecular weight is 518 g/mol. The van der Waals surface area contributed by atoms with Gasteiger partial charge < -0.3 is 25.2 Å². The Balaban J connectivity index is 1.35. The van der Waals surface area contributed by atoms with Crippen molar-refractivity contribution in [2.75, 3.05) is 45.2 Å². The molecule has 0 bridgehead atoms. The minimum Gasteiger partial charge on any atom is -0.497 e. The maximum absolute atomic E-state index is 15.7. The van der Waals surface area contributed by atoms with Crippen molar-refractivity contribution in [3.63, 3.8) is 0 Å². The van der Waals surface area contributed by atoms with Crippen molar-refractivity contribution in [2.45, 2.75) is 38.5 Å². The van der Waals surface area contributed by atoms with E-state index in [0.29, 0.717) is 53.0 Å². The molecule has 1 saturated heterocycles. The Morgan fingerprint density at radius 2 is 1.84 bits per heavy atom. The minimum absolute atomic E-state index is 0.0217. The third-order valence-corrected chi connectivity index (χ3v) is 7.48. The van der Waals surface area contributed by atoms with Crippen molar-refractivity contribution >= 4 is 16.6 Å². The molecule has 0 radical (unpaired) electrons. The maximum atomic E-state index is 15.7. The van der Waals surface area contributed by atoms with Crippen LogP contribution in [0.3, 0.4) is 0 Å². The predicted octanol–water partition coefficient (Wildman–Crippen LogP) is 4.99. The standard InChI is InChI=1S/C28H34F3N3O3/c1-37-23-2-3-26-24(15-23)27(19(17-35)16-33-26)25(31)4-5-28(18-36)6-9-34(10-7-28)11-8-32-22-13-20(29)12-21(30)14-22/h2-3,12-16,25,32,35-36H,4-11,17-18H2,1H3/t25-/m0/s1. The second-order valence-corrected chi connectivity index (χ2v) is 9.83. The highest BCUT2D eigenvalue weighted by Gasteiger charge is 2.35. The normalized spacial score (nSPS) is 16.6.